The minimum Gasteiger partial charge on any atom is -0.493 e. The van der Waals surface area contributed by atoms with Gasteiger partial charge in [0.1, 0.15) is 17.9 Å². The van der Waals surface area contributed by atoms with Gasteiger partial charge in [-0.1, -0.05) is 18.2 Å². The second-order valence-electron chi connectivity index (χ2n) is 6.42. The molecule has 1 aromatic heterocycles. The van der Waals surface area contributed by atoms with Gasteiger partial charge in [0.15, 0.2) is 5.96 Å². The van der Waals surface area contributed by atoms with Crippen LogP contribution in [0.15, 0.2) is 35.6 Å². The molecule has 1 fully saturated rings. The van der Waals surface area contributed by atoms with Gasteiger partial charge in [-0.3, -0.25) is 9.67 Å². The first kappa shape index (κ1) is 17.3. The first-order valence-corrected chi connectivity index (χ1v) is 8.62. The van der Waals surface area contributed by atoms with E-state index in [4.69, 9.17) is 4.74 Å². The Morgan fingerprint density at radius 2 is 2.20 bits per heavy atom. The van der Waals surface area contributed by atoms with E-state index < -0.39 is 0 Å². The Balaban J connectivity index is 1.58. The zero-order valence-corrected chi connectivity index (χ0v) is 15.1. The van der Waals surface area contributed by atoms with Crippen LogP contribution < -0.4 is 10.1 Å². The number of aliphatic imine (C=N–C) groups is 1. The second kappa shape index (κ2) is 8.00. The average molecular weight is 342 g/mol. The molecule has 2 aromatic rings. The molecule has 0 bridgehead atoms. The Morgan fingerprint density at radius 1 is 1.40 bits per heavy atom. The highest BCUT2D eigenvalue weighted by Gasteiger charge is 2.22. The monoisotopic (exact) mass is 342 g/mol. The van der Waals surface area contributed by atoms with E-state index in [1.165, 1.54) is 12.8 Å². The maximum atomic E-state index is 5.97. The third-order valence-electron chi connectivity index (χ3n) is 4.34. The molecule has 134 valence electrons. The summed E-state index contributed by atoms with van der Waals surface area (Å²) in [4.78, 5) is 10.6. The molecule has 0 aliphatic heterocycles. The Hall–Kier alpha value is -2.57. The van der Waals surface area contributed by atoms with Crippen molar-refractivity contribution in [3.8, 4) is 5.75 Å². The largest absolute Gasteiger partial charge is 0.493 e. The fourth-order valence-corrected chi connectivity index (χ4v) is 2.59. The van der Waals surface area contributed by atoms with E-state index >= 15 is 0 Å². The van der Waals surface area contributed by atoms with Crippen LogP contribution in [0.25, 0.3) is 0 Å². The number of aryl methyl sites for hydroxylation is 1. The maximum Gasteiger partial charge on any atom is 0.194 e. The van der Waals surface area contributed by atoms with E-state index in [-0.39, 0.29) is 0 Å². The zero-order valence-electron chi connectivity index (χ0n) is 15.1. The van der Waals surface area contributed by atoms with Crippen molar-refractivity contribution in [1.82, 2.24) is 25.0 Å². The van der Waals surface area contributed by atoms with E-state index in [0.29, 0.717) is 13.1 Å². The summed E-state index contributed by atoms with van der Waals surface area (Å²) in [6, 6.07) is 8.17. The van der Waals surface area contributed by atoms with Gasteiger partial charge >= 0.3 is 0 Å². The van der Waals surface area contributed by atoms with Crippen molar-refractivity contribution >= 4 is 5.96 Å². The van der Waals surface area contributed by atoms with Crippen LogP contribution >= 0.6 is 0 Å². The minimum atomic E-state index is 0.635. The SMILES string of the molecule is CN=C(NCc1ccccc1OCC1CC1)N(C)Cc1ncnn1C. The molecule has 1 N–H and O–H groups in total. The molecule has 1 aliphatic carbocycles. The topological polar surface area (TPSA) is 67.6 Å². The third kappa shape index (κ3) is 4.71. The molecule has 1 saturated carbocycles. The predicted octanol–water partition coefficient (Wildman–Crippen LogP) is 1.81. The van der Waals surface area contributed by atoms with E-state index in [0.717, 1.165) is 35.6 Å². The van der Waals surface area contributed by atoms with Crippen molar-refractivity contribution in [2.45, 2.75) is 25.9 Å². The molecule has 0 atom stereocenters. The summed E-state index contributed by atoms with van der Waals surface area (Å²) in [6.07, 6.45) is 4.15. The average Bonchev–Trinajstić information content (AvgIpc) is 3.37. The van der Waals surface area contributed by atoms with Crippen LogP contribution in [-0.2, 0) is 20.1 Å². The molecule has 0 spiro atoms. The number of ether oxygens (including phenoxy) is 1. The van der Waals surface area contributed by atoms with Crippen LogP contribution in [0.3, 0.4) is 0 Å². The van der Waals surface area contributed by atoms with E-state index in [9.17, 15) is 0 Å². The molecule has 1 aromatic carbocycles. The summed E-state index contributed by atoms with van der Waals surface area (Å²) in [5, 5.41) is 7.50. The van der Waals surface area contributed by atoms with Gasteiger partial charge in [-0.05, 0) is 24.8 Å². The first-order valence-electron chi connectivity index (χ1n) is 8.62. The van der Waals surface area contributed by atoms with Crippen LogP contribution in [0, 0.1) is 5.92 Å². The van der Waals surface area contributed by atoms with Crippen LogP contribution in [-0.4, -0.2) is 46.3 Å². The normalized spacial score (nSPS) is 14.4. The highest BCUT2D eigenvalue weighted by atomic mass is 16.5. The Kier molecular flexibility index (Phi) is 5.53. The molecule has 25 heavy (non-hydrogen) atoms. The van der Waals surface area contributed by atoms with Crippen molar-refractivity contribution < 1.29 is 4.74 Å². The third-order valence-corrected chi connectivity index (χ3v) is 4.34. The van der Waals surface area contributed by atoms with Crippen LogP contribution in [0.4, 0.5) is 0 Å². The van der Waals surface area contributed by atoms with Gasteiger partial charge in [-0.15, -0.1) is 0 Å². The van der Waals surface area contributed by atoms with Gasteiger partial charge in [0.2, 0.25) is 0 Å². The molecule has 3 rings (SSSR count). The highest BCUT2D eigenvalue weighted by molar-refractivity contribution is 5.79. The number of nitrogens with one attached hydrogen (secondary N) is 1. The minimum absolute atomic E-state index is 0.635. The van der Waals surface area contributed by atoms with Crippen molar-refractivity contribution in [2.24, 2.45) is 18.0 Å². The van der Waals surface area contributed by atoms with E-state index in [2.05, 4.69) is 26.5 Å². The van der Waals surface area contributed by atoms with Gasteiger partial charge in [0.05, 0.1) is 13.2 Å². The zero-order chi connectivity index (χ0) is 17.6. The number of benzene rings is 1. The van der Waals surface area contributed by atoms with Crippen LogP contribution in [0.1, 0.15) is 24.2 Å². The van der Waals surface area contributed by atoms with Crippen molar-refractivity contribution in [3.05, 3.63) is 42.0 Å². The highest BCUT2D eigenvalue weighted by Crippen LogP contribution is 2.30. The van der Waals surface area contributed by atoms with Gasteiger partial charge in [0.25, 0.3) is 0 Å². The molecule has 1 aliphatic rings. The number of hydrogen-bond acceptors (Lipinski definition) is 4. The summed E-state index contributed by atoms with van der Waals surface area (Å²) in [6.45, 7) is 2.12. The van der Waals surface area contributed by atoms with E-state index in [1.54, 1.807) is 18.1 Å². The van der Waals surface area contributed by atoms with Gasteiger partial charge < -0.3 is 15.0 Å². The molecule has 0 unspecified atom stereocenters. The van der Waals surface area contributed by atoms with Crippen LogP contribution in [0.2, 0.25) is 0 Å². The lowest BCUT2D eigenvalue weighted by atomic mass is 10.2. The fourth-order valence-electron chi connectivity index (χ4n) is 2.59. The number of aromatic nitrogens is 3. The van der Waals surface area contributed by atoms with Gasteiger partial charge in [0, 0.05) is 33.3 Å². The number of nitrogens with zero attached hydrogens (tertiary/aromatic N) is 5. The van der Waals surface area contributed by atoms with Crippen molar-refractivity contribution in [1.29, 1.82) is 0 Å². The molecule has 1 heterocycles. The molecular weight excluding hydrogens is 316 g/mol. The van der Waals surface area contributed by atoms with Crippen molar-refractivity contribution in [3.63, 3.8) is 0 Å². The summed E-state index contributed by atoms with van der Waals surface area (Å²) in [7, 11) is 5.66. The summed E-state index contributed by atoms with van der Waals surface area (Å²) in [5.74, 6) is 3.39. The number of hydrogen-bond donors (Lipinski definition) is 1. The number of guanidine groups is 1. The van der Waals surface area contributed by atoms with E-state index in [1.807, 2.05) is 37.2 Å². The molecule has 0 amide bonds. The summed E-state index contributed by atoms with van der Waals surface area (Å²) >= 11 is 0. The maximum absolute atomic E-state index is 5.97. The number of para-hydroxylation sites is 1. The van der Waals surface area contributed by atoms with Gasteiger partial charge in [-0.25, -0.2) is 4.98 Å². The Labute approximate surface area is 148 Å². The Morgan fingerprint density at radius 3 is 2.88 bits per heavy atom. The standard InChI is InChI=1S/C18H26N6O/c1-19-18(23(2)11-17-21-13-22-24(17)3)20-10-15-6-4-5-7-16(15)25-12-14-8-9-14/h4-7,13-14H,8-12H2,1-3H3,(H,19,20). The molecule has 7 nitrogen and oxygen atoms in total. The predicted molar refractivity (Wildman–Crippen MR) is 97.3 cm³/mol. The lowest BCUT2D eigenvalue weighted by Gasteiger charge is -2.22. The van der Waals surface area contributed by atoms with Gasteiger partial charge in [-0.2, -0.15) is 5.10 Å². The second-order valence-corrected chi connectivity index (χ2v) is 6.42. The molecule has 0 saturated heterocycles. The fraction of sp³-hybridized carbons (Fsp3) is 0.500. The van der Waals surface area contributed by atoms with Crippen LogP contribution in [0.5, 0.6) is 5.75 Å². The lowest BCUT2D eigenvalue weighted by Crippen LogP contribution is -2.38. The molecular formula is C18H26N6O. The van der Waals surface area contributed by atoms with Crippen molar-refractivity contribution in [2.75, 3.05) is 20.7 Å². The number of rotatable bonds is 7. The Bertz CT molecular complexity index is 722. The first-order chi connectivity index (χ1) is 12.2. The smallest absolute Gasteiger partial charge is 0.194 e. The summed E-state index contributed by atoms with van der Waals surface area (Å²) < 4.78 is 7.74. The summed E-state index contributed by atoms with van der Waals surface area (Å²) in [5.41, 5.74) is 1.14. The quantitative estimate of drug-likeness (QED) is 0.614. The molecule has 0 radical (unpaired) electrons. The molecule has 7 heteroatoms. The lowest BCUT2D eigenvalue weighted by molar-refractivity contribution is 0.296.